The summed E-state index contributed by atoms with van der Waals surface area (Å²) in [5.41, 5.74) is 4.73. The number of carbonyl (C=O) groups excluding carboxylic acids is 2. The molecule has 0 spiro atoms. The third kappa shape index (κ3) is 1.49. The van der Waals surface area contributed by atoms with Gasteiger partial charge in [0.05, 0.1) is 0 Å². The summed E-state index contributed by atoms with van der Waals surface area (Å²) in [4.78, 5) is 24.8. The summed E-state index contributed by atoms with van der Waals surface area (Å²) in [7, 11) is 0. The van der Waals surface area contributed by atoms with Gasteiger partial charge in [-0.05, 0) is 32.8 Å². The van der Waals surface area contributed by atoms with Crippen LogP contribution in [-0.4, -0.2) is 11.6 Å². The maximum atomic E-state index is 12.4. The van der Waals surface area contributed by atoms with Crippen molar-refractivity contribution < 1.29 is 9.59 Å². The monoisotopic (exact) mass is 238 g/mol. The Hall–Kier alpha value is -1.96. The number of allylic oxidation sites excluding steroid dienone is 4. The molecule has 3 rings (SSSR count). The van der Waals surface area contributed by atoms with Gasteiger partial charge >= 0.3 is 0 Å². The van der Waals surface area contributed by atoms with Crippen LogP contribution in [-0.2, 0) is 0 Å². The molecule has 0 saturated carbocycles. The third-order valence-corrected chi connectivity index (χ3v) is 3.69. The van der Waals surface area contributed by atoms with Crippen molar-refractivity contribution in [3.05, 3.63) is 57.7 Å². The second-order valence-corrected chi connectivity index (χ2v) is 5.10. The van der Waals surface area contributed by atoms with Gasteiger partial charge < -0.3 is 0 Å². The molecule has 0 N–H and O–H groups in total. The van der Waals surface area contributed by atoms with E-state index in [1.165, 1.54) is 5.57 Å². The second-order valence-electron chi connectivity index (χ2n) is 5.10. The highest BCUT2D eigenvalue weighted by Gasteiger charge is 2.32. The molecule has 2 nitrogen and oxygen atoms in total. The Morgan fingerprint density at radius 3 is 2.44 bits per heavy atom. The zero-order valence-electron chi connectivity index (χ0n) is 10.5. The van der Waals surface area contributed by atoms with Crippen LogP contribution in [0.25, 0.3) is 0 Å². The Morgan fingerprint density at radius 2 is 1.67 bits per heavy atom. The summed E-state index contributed by atoms with van der Waals surface area (Å²) in [5, 5.41) is 0. The summed E-state index contributed by atoms with van der Waals surface area (Å²) in [6.07, 6.45) is 3.26. The van der Waals surface area contributed by atoms with Gasteiger partial charge in [-0.3, -0.25) is 9.59 Å². The van der Waals surface area contributed by atoms with Gasteiger partial charge in [-0.25, -0.2) is 0 Å². The maximum Gasteiger partial charge on any atom is 0.190 e. The first kappa shape index (κ1) is 11.1. The molecular formula is C16H14O2. The lowest BCUT2D eigenvalue weighted by atomic mass is 9.77. The highest BCUT2D eigenvalue weighted by Crippen LogP contribution is 2.35. The molecule has 0 saturated heterocycles. The van der Waals surface area contributed by atoms with Crippen molar-refractivity contribution in [2.45, 2.75) is 26.7 Å². The van der Waals surface area contributed by atoms with Crippen molar-refractivity contribution in [1.82, 2.24) is 0 Å². The van der Waals surface area contributed by atoms with Crippen molar-refractivity contribution in [2.75, 3.05) is 0 Å². The van der Waals surface area contributed by atoms with Crippen LogP contribution in [0.5, 0.6) is 0 Å². The van der Waals surface area contributed by atoms with Gasteiger partial charge in [0.1, 0.15) is 0 Å². The first-order valence-corrected chi connectivity index (χ1v) is 6.15. The molecule has 2 aliphatic carbocycles. The number of fused-ring (bicyclic) bond motifs is 1. The standard InChI is InChI=1S/C16H14O2/c1-9-3-5-11-13(7-9)15(17)12-6-4-10(2)8-14(12)16(11)18/h3-5,7H,6,8H2,1-2H3. The normalized spacial score (nSPS) is 18.4. The number of hydrogen-bond acceptors (Lipinski definition) is 2. The number of carbonyl (C=O) groups is 2. The van der Waals surface area contributed by atoms with Gasteiger partial charge in [0.25, 0.3) is 0 Å². The fourth-order valence-electron chi connectivity index (χ4n) is 2.67. The molecule has 0 radical (unpaired) electrons. The lowest BCUT2D eigenvalue weighted by Gasteiger charge is -2.24. The largest absolute Gasteiger partial charge is 0.289 e. The van der Waals surface area contributed by atoms with E-state index in [0.717, 1.165) is 5.56 Å². The van der Waals surface area contributed by atoms with Crippen molar-refractivity contribution in [1.29, 1.82) is 0 Å². The van der Waals surface area contributed by atoms with E-state index in [1.54, 1.807) is 6.07 Å². The average Bonchev–Trinajstić information content (AvgIpc) is 2.36. The van der Waals surface area contributed by atoms with Gasteiger partial charge in [-0.15, -0.1) is 0 Å². The molecule has 0 fully saturated rings. The molecule has 0 amide bonds. The lowest BCUT2D eigenvalue weighted by molar-refractivity contribution is 0.0970. The van der Waals surface area contributed by atoms with Gasteiger partial charge in [-0.1, -0.05) is 29.3 Å². The Morgan fingerprint density at radius 1 is 0.944 bits per heavy atom. The molecule has 0 unspecified atom stereocenters. The lowest BCUT2D eigenvalue weighted by Crippen LogP contribution is -2.23. The van der Waals surface area contributed by atoms with E-state index in [9.17, 15) is 9.59 Å². The van der Waals surface area contributed by atoms with E-state index < -0.39 is 0 Å². The topological polar surface area (TPSA) is 34.1 Å². The molecule has 18 heavy (non-hydrogen) atoms. The van der Waals surface area contributed by atoms with Crippen LogP contribution in [0.3, 0.4) is 0 Å². The van der Waals surface area contributed by atoms with Crippen LogP contribution in [0.1, 0.15) is 46.0 Å². The summed E-state index contributed by atoms with van der Waals surface area (Å²) in [5.74, 6) is 0.0686. The third-order valence-electron chi connectivity index (χ3n) is 3.69. The first-order valence-electron chi connectivity index (χ1n) is 6.15. The molecular weight excluding hydrogens is 224 g/mol. The molecule has 2 aliphatic rings. The number of hydrogen-bond donors (Lipinski definition) is 0. The SMILES string of the molecule is CC1=CCC2=C(C1)C(=O)c1ccc(C)cc1C2=O. The Bertz CT molecular complexity index is 645. The van der Waals surface area contributed by atoms with Crippen LogP contribution in [0.4, 0.5) is 0 Å². The Labute approximate surface area is 106 Å². The van der Waals surface area contributed by atoms with Crippen LogP contribution >= 0.6 is 0 Å². The molecule has 0 atom stereocenters. The fraction of sp³-hybridized carbons (Fsp3) is 0.250. The highest BCUT2D eigenvalue weighted by atomic mass is 16.1. The van der Waals surface area contributed by atoms with E-state index in [0.29, 0.717) is 35.1 Å². The van der Waals surface area contributed by atoms with Crippen LogP contribution < -0.4 is 0 Å². The molecule has 0 aliphatic heterocycles. The van der Waals surface area contributed by atoms with Gasteiger partial charge in [-0.2, -0.15) is 0 Å². The minimum atomic E-state index is 0.0343. The van der Waals surface area contributed by atoms with Gasteiger partial charge in [0.15, 0.2) is 11.6 Å². The molecule has 1 aromatic carbocycles. The van der Waals surface area contributed by atoms with Crippen LogP contribution in [0.15, 0.2) is 41.0 Å². The van der Waals surface area contributed by atoms with E-state index >= 15 is 0 Å². The van der Waals surface area contributed by atoms with Crippen molar-refractivity contribution >= 4 is 11.6 Å². The van der Waals surface area contributed by atoms with Crippen LogP contribution in [0, 0.1) is 6.92 Å². The Kier molecular flexibility index (Phi) is 2.34. The second kappa shape index (κ2) is 3.77. The van der Waals surface area contributed by atoms with E-state index in [-0.39, 0.29) is 11.6 Å². The smallest absolute Gasteiger partial charge is 0.190 e. The minimum Gasteiger partial charge on any atom is -0.289 e. The van der Waals surface area contributed by atoms with Crippen LogP contribution in [0.2, 0.25) is 0 Å². The summed E-state index contributed by atoms with van der Waals surface area (Å²) < 4.78 is 0. The summed E-state index contributed by atoms with van der Waals surface area (Å²) in [6.45, 7) is 3.94. The summed E-state index contributed by atoms with van der Waals surface area (Å²) in [6, 6.07) is 5.49. The van der Waals surface area contributed by atoms with Crippen molar-refractivity contribution in [3.8, 4) is 0 Å². The quantitative estimate of drug-likeness (QED) is 0.649. The zero-order chi connectivity index (χ0) is 12.9. The minimum absolute atomic E-state index is 0.0343. The number of ketones is 2. The van der Waals surface area contributed by atoms with Gasteiger partial charge in [0, 0.05) is 22.3 Å². The molecule has 90 valence electrons. The first-order chi connectivity index (χ1) is 8.58. The molecule has 0 heterocycles. The molecule has 2 heteroatoms. The fourth-order valence-corrected chi connectivity index (χ4v) is 2.67. The predicted molar refractivity (Wildman–Crippen MR) is 69.9 cm³/mol. The van der Waals surface area contributed by atoms with Crippen molar-refractivity contribution in [3.63, 3.8) is 0 Å². The van der Waals surface area contributed by atoms with Gasteiger partial charge in [0.2, 0.25) is 0 Å². The highest BCUT2D eigenvalue weighted by molar-refractivity contribution is 6.27. The zero-order valence-corrected chi connectivity index (χ0v) is 10.5. The molecule has 0 bridgehead atoms. The predicted octanol–water partition coefficient (Wildman–Crippen LogP) is 3.41. The van der Waals surface area contributed by atoms with Crippen molar-refractivity contribution in [2.24, 2.45) is 0 Å². The number of benzene rings is 1. The van der Waals surface area contributed by atoms with E-state index in [4.69, 9.17) is 0 Å². The maximum absolute atomic E-state index is 12.4. The number of Topliss-reactive ketones (excluding diaryl/α,β-unsaturated/α-hetero) is 2. The molecule has 0 aromatic heterocycles. The van der Waals surface area contributed by atoms with E-state index in [1.807, 2.05) is 32.1 Å². The Balaban J connectivity index is 2.18. The molecule has 1 aromatic rings. The average molecular weight is 238 g/mol. The number of aryl methyl sites for hydroxylation is 1. The number of rotatable bonds is 0. The van der Waals surface area contributed by atoms with E-state index in [2.05, 4.69) is 0 Å². The summed E-state index contributed by atoms with van der Waals surface area (Å²) >= 11 is 0.